The van der Waals surface area contributed by atoms with Crippen molar-refractivity contribution in [3.8, 4) is 0 Å². The van der Waals surface area contributed by atoms with Gasteiger partial charge in [-0.3, -0.25) is 14.5 Å². The van der Waals surface area contributed by atoms with Crippen molar-refractivity contribution in [2.45, 2.75) is 0 Å². The molecular formula is C14H11NO3. The zero-order chi connectivity index (χ0) is 12.7. The molecule has 3 rings (SSSR count). The maximum atomic E-state index is 12.2. The maximum Gasteiger partial charge on any atom is 0.262 e. The minimum atomic E-state index is -0.324. The largest absolute Gasteiger partial charge is 0.395 e. The van der Waals surface area contributed by atoms with Crippen LogP contribution in [0.25, 0.3) is 10.8 Å². The topological polar surface area (TPSA) is 57.6 Å². The molecule has 1 heterocycles. The Bertz CT molecular complexity index is 663. The fourth-order valence-corrected chi connectivity index (χ4v) is 2.36. The lowest BCUT2D eigenvalue weighted by molar-refractivity contribution is 0.0625. The summed E-state index contributed by atoms with van der Waals surface area (Å²) in [4.78, 5) is 25.3. The number of aliphatic hydroxyl groups is 1. The number of rotatable bonds is 2. The molecular weight excluding hydrogens is 230 g/mol. The Balaban J connectivity index is 2.26. The first-order valence-electron chi connectivity index (χ1n) is 5.73. The summed E-state index contributed by atoms with van der Waals surface area (Å²) in [5.74, 6) is -0.643. The molecule has 0 fully saturated rings. The smallest absolute Gasteiger partial charge is 0.262 e. The molecule has 18 heavy (non-hydrogen) atoms. The normalized spacial score (nSPS) is 14.4. The predicted octanol–water partition coefficient (Wildman–Crippen LogP) is 1.43. The average molecular weight is 241 g/mol. The minimum absolute atomic E-state index is 0.0423. The predicted molar refractivity (Wildman–Crippen MR) is 66.4 cm³/mol. The summed E-state index contributed by atoms with van der Waals surface area (Å²) in [5, 5.41) is 10.6. The number of hydrogen-bond donors (Lipinski definition) is 1. The van der Waals surface area contributed by atoms with Gasteiger partial charge in [0.05, 0.1) is 24.3 Å². The third-order valence-corrected chi connectivity index (χ3v) is 3.19. The van der Waals surface area contributed by atoms with Gasteiger partial charge >= 0.3 is 0 Å². The van der Waals surface area contributed by atoms with Gasteiger partial charge in [-0.2, -0.15) is 0 Å². The molecule has 0 saturated carbocycles. The number of fused-ring (bicyclic) bond motifs is 3. The summed E-state index contributed by atoms with van der Waals surface area (Å²) in [6.45, 7) is -0.177. The molecule has 2 amide bonds. The molecule has 0 saturated heterocycles. The molecule has 0 bridgehead atoms. The van der Waals surface area contributed by atoms with Crippen LogP contribution in [-0.4, -0.2) is 35.0 Å². The van der Waals surface area contributed by atoms with Gasteiger partial charge in [0.25, 0.3) is 11.8 Å². The van der Waals surface area contributed by atoms with E-state index in [1.165, 1.54) is 0 Å². The van der Waals surface area contributed by atoms with Crippen molar-refractivity contribution in [2.24, 2.45) is 0 Å². The lowest BCUT2D eigenvalue weighted by Crippen LogP contribution is -2.32. The quantitative estimate of drug-likeness (QED) is 0.809. The van der Waals surface area contributed by atoms with E-state index in [2.05, 4.69) is 0 Å². The van der Waals surface area contributed by atoms with E-state index in [0.29, 0.717) is 11.1 Å². The van der Waals surface area contributed by atoms with Crippen molar-refractivity contribution < 1.29 is 14.7 Å². The summed E-state index contributed by atoms with van der Waals surface area (Å²) in [6.07, 6.45) is 0. The second-order valence-corrected chi connectivity index (χ2v) is 4.19. The van der Waals surface area contributed by atoms with E-state index in [1.54, 1.807) is 6.07 Å². The van der Waals surface area contributed by atoms with Crippen LogP contribution in [0.1, 0.15) is 20.7 Å². The molecule has 0 spiro atoms. The van der Waals surface area contributed by atoms with E-state index in [9.17, 15) is 9.59 Å². The van der Waals surface area contributed by atoms with Gasteiger partial charge in [0.2, 0.25) is 0 Å². The molecule has 0 aromatic heterocycles. The van der Waals surface area contributed by atoms with Crippen molar-refractivity contribution >= 4 is 22.6 Å². The van der Waals surface area contributed by atoms with Crippen LogP contribution >= 0.6 is 0 Å². The number of carbonyl (C=O) groups excluding carboxylic acids is 2. The summed E-state index contributed by atoms with van der Waals surface area (Å²) in [7, 11) is 0. The number of benzene rings is 2. The highest BCUT2D eigenvalue weighted by Crippen LogP contribution is 2.29. The molecule has 0 unspecified atom stereocenters. The lowest BCUT2D eigenvalue weighted by Gasteiger charge is -2.10. The Morgan fingerprint density at radius 1 is 1.00 bits per heavy atom. The number of nitrogens with zero attached hydrogens (tertiary/aromatic N) is 1. The summed E-state index contributed by atoms with van der Waals surface area (Å²) >= 11 is 0. The van der Waals surface area contributed by atoms with Gasteiger partial charge in [-0.15, -0.1) is 0 Å². The van der Waals surface area contributed by atoms with Gasteiger partial charge in [-0.1, -0.05) is 30.3 Å². The number of aliphatic hydroxyl groups excluding tert-OH is 1. The molecule has 0 atom stereocenters. The van der Waals surface area contributed by atoms with Crippen LogP contribution in [0.3, 0.4) is 0 Å². The van der Waals surface area contributed by atoms with Crippen LogP contribution in [0, 0.1) is 0 Å². The third kappa shape index (κ3) is 1.36. The number of imide groups is 1. The Labute approximate surface area is 103 Å². The molecule has 1 aliphatic rings. The second-order valence-electron chi connectivity index (χ2n) is 4.19. The van der Waals surface area contributed by atoms with Crippen LogP contribution in [0.2, 0.25) is 0 Å². The van der Waals surface area contributed by atoms with Crippen molar-refractivity contribution in [3.05, 3.63) is 47.5 Å². The van der Waals surface area contributed by atoms with Gasteiger partial charge in [0.1, 0.15) is 0 Å². The molecule has 90 valence electrons. The zero-order valence-electron chi connectivity index (χ0n) is 9.59. The van der Waals surface area contributed by atoms with Crippen LogP contribution in [0.15, 0.2) is 36.4 Å². The standard InChI is InChI=1S/C14H11NO3/c16-8-7-15-13(17)11-6-5-9-3-1-2-4-10(9)12(11)14(15)18/h1-6,16H,7-8H2. The van der Waals surface area contributed by atoms with E-state index < -0.39 is 0 Å². The van der Waals surface area contributed by atoms with Gasteiger partial charge in [-0.25, -0.2) is 0 Å². The number of hydrogen-bond acceptors (Lipinski definition) is 3. The van der Waals surface area contributed by atoms with Crippen molar-refractivity contribution in [1.29, 1.82) is 0 Å². The van der Waals surface area contributed by atoms with E-state index in [4.69, 9.17) is 5.11 Å². The van der Waals surface area contributed by atoms with Gasteiger partial charge in [0, 0.05) is 0 Å². The van der Waals surface area contributed by atoms with Crippen molar-refractivity contribution in [3.63, 3.8) is 0 Å². The first-order chi connectivity index (χ1) is 8.74. The highest BCUT2D eigenvalue weighted by molar-refractivity contribution is 6.26. The summed E-state index contributed by atoms with van der Waals surface area (Å²) in [5.41, 5.74) is 0.874. The van der Waals surface area contributed by atoms with E-state index in [0.717, 1.165) is 15.7 Å². The van der Waals surface area contributed by atoms with Gasteiger partial charge in [-0.05, 0) is 16.8 Å². The minimum Gasteiger partial charge on any atom is -0.395 e. The number of carbonyl (C=O) groups is 2. The van der Waals surface area contributed by atoms with Crippen LogP contribution in [-0.2, 0) is 0 Å². The summed E-state index contributed by atoms with van der Waals surface area (Å²) in [6, 6.07) is 11.0. The summed E-state index contributed by atoms with van der Waals surface area (Å²) < 4.78 is 0. The molecule has 0 radical (unpaired) electrons. The van der Waals surface area contributed by atoms with Crippen LogP contribution in [0.4, 0.5) is 0 Å². The van der Waals surface area contributed by atoms with E-state index >= 15 is 0 Å². The molecule has 2 aromatic rings. The van der Waals surface area contributed by atoms with Crippen molar-refractivity contribution in [2.75, 3.05) is 13.2 Å². The Morgan fingerprint density at radius 2 is 1.78 bits per heavy atom. The van der Waals surface area contributed by atoms with Crippen molar-refractivity contribution in [1.82, 2.24) is 4.90 Å². The Morgan fingerprint density at radius 3 is 2.56 bits per heavy atom. The Kier molecular flexibility index (Phi) is 2.38. The van der Waals surface area contributed by atoms with Crippen LogP contribution in [0.5, 0.6) is 0 Å². The first-order valence-corrected chi connectivity index (χ1v) is 5.73. The zero-order valence-corrected chi connectivity index (χ0v) is 9.59. The van der Waals surface area contributed by atoms with Crippen LogP contribution < -0.4 is 0 Å². The SMILES string of the molecule is O=C1c2ccc3ccccc3c2C(=O)N1CCO. The van der Waals surface area contributed by atoms with Gasteiger partial charge in [0.15, 0.2) is 0 Å². The highest BCUT2D eigenvalue weighted by atomic mass is 16.3. The Hall–Kier alpha value is -2.20. The number of amides is 2. The molecule has 2 aromatic carbocycles. The van der Waals surface area contributed by atoms with E-state index in [-0.39, 0.29) is 25.0 Å². The second kappa shape index (κ2) is 3.92. The van der Waals surface area contributed by atoms with Gasteiger partial charge < -0.3 is 5.11 Å². The number of β-amino-alcohol motifs (C(OH)–C–C–N with tert-alkyl or cyclic N) is 1. The average Bonchev–Trinajstić information content (AvgIpc) is 2.64. The maximum absolute atomic E-state index is 12.2. The molecule has 4 nitrogen and oxygen atoms in total. The highest BCUT2D eigenvalue weighted by Gasteiger charge is 2.36. The fraction of sp³-hybridized carbons (Fsp3) is 0.143. The molecule has 1 aliphatic heterocycles. The first kappa shape index (κ1) is 10.9. The molecule has 1 N–H and O–H groups in total. The monoisotopic (exact) mass is 241 g/mol. The molecule has 4 heteroatoms. The fourth-order valence-electron chi connectivity index (χ4n) is 2.36. The lowest BCUT2D eigenvalue weighted by atomic mass is 10.0. The van der Waals surface area contributed by atoms with E-state index in [1.807, 2.05) is 30.3 Å². The molecule has 0 aliphatic carbocycles. The third-order valence-electron chi connectivity index (χ3n) is 3.19.